The normalized spacial score (nSPS) is 12.1. The first-order chi connectivity index (χ1) is 7.60. The highest BCUT2D eigenvalue weighted by Crippen LogP contribution is 1.88. The van der Waals surface area contributed by atoms with Crippen LogP contribution in [0.2, 0.25) is 0 Å². The first-order valence-electron chi connectivity index (χ1n) is 4.51. The minimum absolute atomic E-state index is 0.0570. The minimum atomic E-state index is -1.12. The van der Waals surface area contributed by atoms with E-state index in [9.17, 15) is 9.59 Å². The predicted octanol–water partition coefficient (Wildman–Crippen LogP) is -0.832. The maximum Gasteiger partial charge on any atom is 0.331 e. The largest absolute Gasteiger partial charge is 0.460 e. The van der Waals surface area contributed by atoms with E-state index in [0.717, 1.165) is 12.2 Å². The Morgan fingerprint density at radius 1 is 1.25 bits per heavy atom. The van der Waals surface area contributed by atoms with Crippen molar-refractivity contribution in [3.05, 3.63) is 24.8 Å². The van der Waals surface area contributed by atoms with Crippen molar-refractivity contribution in [2.24, 2.45) is 0 Å². The Morgan fingerprint density at radius 2 is 1.81 bits per heavy atom. The molecular formula is C10H14O6. The summed E-state index contributed by atoms with van der Waals surface area (Å²) in [7, 11) is 0. The van der Waals surface area contributed by atoms with Crippen molar-refractivity contribution in [1.82, 2.24) is 0 Å². The van der Waals surface area contributed by atoms with Crippen molar-refractivity contribution >= 4 is 11.9 Å². The molecule has 16 heavy (non-hydrogen) atoms. The molecule has 2 N–H and O–H groups in total. The molecule has 1 unspecified atom stereocenters. The van der Waals surface area contributed by atoms with Gasteiger partial charge in [-0.1, -0.05) is 12.7 Å². The number of aliphatic hydroxyl groups excluding tert-OH is 2. The van der Waals surface area contributed by atoms with Gasteiger partial charge in [0.25, 0.3) is 0 Å². The molecule has 0 aromatic carbocycles. The molecular weight excluding hydrogens is 216 g/mol. The van der Waals surface area contributed by atoms with Crippen LogP contribution in [0.3, 0.4) is 0 Å². The lowest BCUT2D eigenvalue weighted by molar-refractivity contribution is -0.142. The Hall–Kier alpha value is -1.66. The first kappa shape index (κ1) is 14.3. The summed E-state index contributed by atoms with van der Waals surface area (Å²) in [6.45, 7) is 2.57. The Morgan fingerprint density at radius 3 is 2.31 bits per heavy atom. The number of esters is 2. The van der Waals surface area contributed by atoms with Crippen LogP contribution in [0.1, 0.15) is 0 Å². The van der Waals surface area contributed by atoms with Gasteiger partial charge in [-0.3, -0.25) is 0 Å². The summed E-state index contributed by atoms with van der Waals surface area (Å²) in [5.74, 6) is -1.50. The minimum Gasteiger partial charge on any atom is -0.460 e. The molecule has 0 heterocycles. The molecule has 6 heteroatoms. The van der Waals surface area contributed by atoms with Gasteiger partial charge in [-0.05, 0) is 0 Å². The van der Waals surface area contributed by atoms with Gasteiger partial charge in [-0.2, -0.15) is 0 Å². The Kier molecular flexibility index (Phi) is 7.74. The van der Waals surface area contributed by atoms with Crippen LogP contribution in [-0.4, -0.2) is 48.1 Å². The third-order valence-electron chi connectivity index (χ3n) is 1.33. The molecule has 0 amide bonds. The molecule has 0 aliphatic rings. The van der Waals surface area contributed by atoms with Gasteiger partial charge in [0, 0.05) is 12.2 Å². The topological polar surface area (TPSA) is 93.1 Å². The quantitative estimate of drug-likeness (QED) is 0.337. The molecule has 0 rings (SSSR count). The molecule has 6 nitrogen and oxygen atoms in total. The van der Waals surface area contributed by atoms with E-state index in [-0.39, 0.29) is 13.2 Å². The number of carbonyl (C=O) groups is 2. The SMILES string of the molecule is C=CCOC(=O)C=CC(=O)OCC(O)CO. The maximum atomic E-state index is 10.9. The highest BCUT2D eigenvalue weighted by Gasteiger charge is 2.05. The van der Waals surface area contributed by atoms with Gasteiger partial charge in [-0.25, -0.2) is 9.59 Å². The standard InChI is InChI=1S/C10H14O6/c1-2-5-15-9(13)3-4-10(14)16-7-8(12)6-11/h2-4,8,11-12H,1,5-7H2. The smallest absolute Gasteiger partial charge is 0.331 e. The van der Waals surface area contributed by atoms with Gasteiger partial charge in [0.05, 0.1) is 6.61 Å². The van der Waals surface area contributed by atoms with E-state index in [4.69, 9.17) is 10.2 Å². The molecule has 0 aliphatic carbocycles. The van der Waals surface area contributed by atoms with Crippen molar-refractivity contribution in [3.8, 4) is 0 Å². The third-order valence-corrected chi connectivity index (χ3v) is 1.33. The summed E-state index contributed by atoms with van der Waals surface area (Å²) in [5, 5.41) is 17.3. The van der Waals surface area contributed by atoms with Crippen LogP contribution in [0, 0.1) is 0 Å². The fourth-order valence-corrected chi connectivity index (χ4v) is 0.604. The molecule has 90 valence electrons. The van der Waals surface area contributed by atoms with Crippen molar-refractivity contribution in [1.29, 1.82) is 0 Å². The van der Waals surface area contributed by atoms with E-state index in [1.54, 1.807) is 0 Å². The van der Waals surface area contributed by atoms with Gasteiger partial charge >= 0.3 is 11.9 Å². The average Bonchev–Trinajstić information content (AvgIpc) is 2.30. The fraction of sp³-hybridized carbons (Fsp3) is 0.400. The molecule has 0 saturated heterocycles. The Bertz CT molecular complexity index is 270. The maximum absolute atomic E-state index is 10.9. The molecule has 0 aromatic rings. The van der Waals surface area contributed by atoms with Crippen LogP contribution >= 0.6 is 0 Å². The van der Waals surface area contributed by atoms with Gasteiger partial charge in [0.1, 0.15) is 19.3 Å². The van der Waals surface area contributed by atoms with E-state index in [1.165, 1.54) is 6.08 Å². The van der Waals surface area contributed by atoms with Gasteiger partial charge in [0.2, 0.25) is 0 Å². The highest BCUT2D eigenvalue weighted by molar-refractivity contribution is 5.91. The van der Waals surface area contributed by atoms with Crippen molar-refractivity contribution in [2.45, 2.75) is 6.10 Å². The van der Waals surface area contributed by atoms with Gasteiger partial charge < -0.3 is 19.7 Å². The lowest BCUT2D eigenvalue weighted by atomic mass is 10.4. The number of carbonyl (C=O) groups excluding carboxylic acids is 2. The summed E-state index contributed by atoms with van der Waals surface area (Å²) in [6, 6.07) is 0. The molecule has 0 radical (unpaired) electrons. The Balaban J connectivity index is 3.81. The molecule has 1 atom stereocenters. The third kappa shape index (κ3) is 7.72. The number of hydrogen-bond acceptors (Lipinski definition) is 6. The molecule has 0 aromatic heterocycles. The van der Waals surface area contributed by atoms with Crippen LogP contribution in [0.15, 0.2) is 24.8 Å². The van der Waals surface area contributed by atoms with E-state index in [2.05, 4.69) is 16.1 Å². The summed E-state index contributed by atoms with van der Waals surface area (Å²) >= 11 is 0. The molecule has 0 saturated carbocycles. The zero-order valence-corrected chi connectivity index (χ0v) is 8.67. The highest BCUT2D eigenvalue weighted by atomic mass is 16.5. The van der Waals surface area contributed by atoms with E-state index < -0.39 is 24.6 Å². The van der Waals surface area contributed by atoms with E-state index in [1.807, 2.05) is 0 Å². The van der Waals surface area contributed by atoms with Crippen LogP contribution < -0.4 is 0 Å². The van der Waals surface area contributed by atoms with E-state index in [0.29, 0.717) is 0 Å². The first-order valence-corrected chi connectivity index (χ1v) is 4.51. The van der Waals surface area contributed by atoms with Crippen molar-refractivity contribution in [2.75, 3.05) is 19.8 Å². The second-order valence-electron chi connectivity index (χ2n) is 2.72. The number of ether oxygens (including phenoxy) is 2. The molecule has 0 bridgehead atoms. The van der Waals surface area contributed by atoms with Crippen LogP contribution in [-0.2, 0) is 19.1 Å². The Labute approximate surface area is 92.8 Å². The number of aliphatic hydroxyl groups is 2. The molecule has 0 aliphatic heterocycles. The monoisotopic (exact) mass is 230 g/mol. The van der Waals surface area contributed by atoms with Crippen LogP contribution in [0.5, 0.6) is 0 Å². The summed E-state index contributed by atoms with van der Waals surface area (Å²) in [4.78, 5) is 21.8. The van der Waals surface area contributed by atoms with Crippen LogP contribution in [0.4, 0.5) is 0 Å². The summed E-state index contributed by atoms with van der Waals surface area (Å²) in [6.07, 6.45) is 2.04. The zero-order valence-electron chi connectivity index (χ0n) is 8.67. The fourth-order valence-electron chi connectivity index (χ4n) is 0.604. The zero-order chi connectivity index (χ0) is 12.4. The second kappa shape index (κ2) is 8.63. The summed E-state index contributed by atoms with van der Waals surface area (Å²) < 4.78 is 9.03. The lowest BCUT2D eigenvalue weighted by Crippen LogP contribution is -2.21. The number of hydrogen-bond donors (Lipinski definition) is 2. The van der Waals surface area contributed by atoms with Crippen LogP contribution in [0.25, 0.3) is 0 Å². The van der Waals surface area contributed by atoms with Gasteiger partial charge in [0.15, 0.2) is 0 Å². The predicted molar refractivity (Wildman–Crippen MR) is 54.3 cm³/mol. The molecule has 0 spiro atoms. The summed E-state index contributed by atoms with van der Waals surface area (Å²) in [5.41, 5.74) is 0. The van der Waals surface area contributed by atoms with E-state index >= 15 is 0 Å². The van der Waals surface area contributed by atoms with Gasteiger partial charge in [-0.15, -0.1) is 0 Å². The number of rotatable bonds is 7. The lowest BCUT2D eigenvalue weighted by Gasteiger charge is -2.05. The average molecular weight is 230 g/mol. The van der Waals surface area contributed by atoms with Crippen molar-refractivity contribution in [3.63, 3.8) is 0 Å². The molecule has 0 fully saturated rings. The second-order valence-corrected chi connectivity index (χ2v) is 2.72. The van der Waals surface area contributed by atoms with Crippen molar-refractivity contribution < 1.29 is 29.3 Å².